The zero-order chi connectivity index (χ0) is 13.4. The molecule has 0 spiro atoms. The highest BCUT2D eigenvalue weighted by Crippen LogP contribution is 2.14. The SMILES string of the molecule is CCSCCC(CN)N(C)Cc1ccc(Cl)cc1. The van der Waals surface area contributed by atoms with Crippen molar-refractivity contribution in [2.24, 2.45) is 5.73 Å². The predicted octanol–water partition coefficient (Wildman–Crippen LogP) is 3.24. The lowest BCUT2D eigenvalue weighted by atomic mass is 10.1. The van der Waals surface area contributed by atoms with Gasteiger partial charge < -0.3 is 5.73 Å². The Balaban J connectivity index is 2.45. The van der Waals surface area contributed by atoms with E-state index in [9.17, 15) is 0 Å². The molecule has 0 bridgehead atoms. The minimum atomic E-state index is 0.458. The number of nitrogens with zero attached hydrogens (tertiary/aromatic N) is 1. The lowest BCUT2D eigenvalue weighted by Crippen LogP contribution is -2.37. The second kappa shape index (κ2) is 8.81. The van der Waals surface area contributed by atoms with Crippen molar-refractivity contribution in [3.63, 3.8) is 0 Å². The molecule has 0 amide bonds. The minimum Gasteiger partial charge on any atom is -0.329 e. The molecule has 1 aromatic rings. The van der Waals surface area contributed by atoms with E-state index in [1.54, 1.807) is 0 Å². The van der Waals surface area contributed by atoms with Gasteiger partial charge in [0.1, 0.15) is 0 Å². The normalized spacial score (nSPS) is 12.9. The number of hydrogen-bond acceptors (Lipinski definition) is 3. The summed E-state index contributed by atoms with van der Waals surface area (Å²) in [6.07, 6.45) is 1.15. The van der Waals surface area contributed by atoms with Gasteiger partial charge in [-0.3, -0.25) is 4.90 Å². The third-order valence-electron chi connectivity index (χ3n) is 3.04. The van der Waals surface area contributed by atoms with Gasteiger partial charge >= 0.3 is 0 Å². The first kappa shape index (κ1) is 15.8. The quantitative estimate of drug-likeness (QED) is 0.744. The molecule has 0 saturated carbocycles. The molecule has 0 aliphatic rings. The summed E-state index contributed by atoms with van der Waals surface area (Å²) in [7, 11) is 2.14. The van der Waals surface area contributed by atoms with Crippen LogP contribution in [0.3, 0.4) is 0 Å². The average Bonchev–Trinajstić information content (AvgIpc) is 2.37. The van der Waals surface area contributed by atoms with Crippen molar-refractivity contribution in [2.45, 2.75) is 25.9 Å². The summed E-state index contributed by atoms with van der Waals surface area (Å²) in [5, 5.41) is 0.788. The first-order valence-electron chi connectivity index (χ1n) is 6.39. The Bertz CT molecular complexity index is 329. The Kier molecular flexibility index (Phi) is 7.75. The molecule has 0 heterocycles. The summed E-state index contributed by atoms with van der Waals surface area (Å²) in [5.41, 5.74) is 7.14. The molecule has 1 atom stereocenters. The monoisotopic (exact) mass is 286 g/mol. The first-order valence-corrected chi connectivity index (χ1v) is 7.93. The van der Waals surface area contributed by atoms with Crippen LogP contribution in [0.5, 0.6) is 0 Å². The molecule has 1 aromatic carbocycles. The Morgan fingerprint density at radius 1 is 1.33 bits per heavy atom. The van der Waals surface area contributed by atoms with Crippen molar-refractivity contribution in [3.05, 3.63) is 34.9 Å². The maximum absolute atomic E-state index is 5.89. The highest BCUT2D eigenvalue weighted by Gasteiger charge is 2.12. The number of benzene rings is 1. The smallest absolute Gasteiger partial charge is 0.0406 e. The van der Waals surface area contributed by atoms with Crippen LogP contribution in [-0.4, -0.2) is 36.0 Å². The van der Waals surface area contributed by atoms with Gasteiger partial charge in [-0.1, -0.05) is 30.7 Å². The van der Waals surface area contributed by atoms with E-state index in [0.717, 1.165) is 18.0 Å². The van der Waals surface area contributed by atoms with Gasteiger partial charge in [-0.15, -0.1) is 0 Å². The fourth-order valence-corrected chi connectivity index (χ4v) is 2.74. The van der Waals surface area contributed by atoms with Gasteiger partial charge in [0.15, 0.2) is 0 Å². The highest BCUT2D eigenvalue weighted by molar-refractivity contribution is 7.99. The van der Waals surface area contributed by atoms with Crippen LogP contribution in [-0.2, 0) is 6.54 Å². The molecule has 0 aromatic heterocycles. The first-order chi connectivity index (χ1) is 8.67. The minimum absolute atomic E-state index is 0.458. The topological polar surface area (TPSA) is 29.3 Å². The van der Waals surface area contributed by atoms with Crippen LogP contribution in [0.15, 0.2) is 24.3 Å². The molecule has 0 aliphatic heterocycles. The standard InChI is InChI=1S/C14H23ClN2S/c1-3-18-9-8-14(10-16)17(2)11-12-4-6-13(15)7-5-12/h4-7,14H,3,8-11,16H2,1-2H3. The molecule has 1 rings (SSSR count). The Morgan fingerprint density at radius 3 is 2.56 bits per heavy atom. The second-order valence-corrected chi connectivity index (χ2v) is 6.25. The number of hydrogen-bond donors (Lipinski definition) is 1. The number of rotatable bonds is 8. The van der Waals surface area contributed by atoms with Gasteiger partial charge in [0.05, 0.1) is 0 Å². The number of nitrogens with two attached hydrogens (primary N) is 1. The molecule has 4 heteroatoms. The van der Waals surface area contributed by atoms with E-state index < -0.39 is 0 Å². The van der Waals surface area contributed by atoms with Crippen molar-refractivity contribution in [3.8, 4) is 0 Å². The molecule has 102 valence electrons. The van der Waals surface area contributed by atoms with Crippen LogP contribution in [0.2, 0.25) is 5.02 Å². The predicted molar refractivity (Wildman–Crippen MR) is 83.4 cm³/mol. The van der Waals surface area contributed by atoms with E-state index >= 15 is 0 Å². The summed E-state index contributed by atoms with van der Waals surface area (Å²) in [6.45, 7) is 3.84. The zero-order valence-corrected chi connectivity index (χ0v) is 12.8. The average molecular weight is 287 g/mol. The molecular weight excluding hydrogens is 264 g/mol. The van der Waals surface area contributed by atoms with Crippen molar-refractivity contribution in [2.75, 3.05) is 25.1 Å². The molecule has 0 saturated heterocycles. The number of likely N-dealkylation sites (N-methyl/N-ethyl adjacent to an activating group) is 1. The van der Waals surface area contributed by atoms with Crippen LogP contribution in [0.4, 0.5) is 0 Å². The Hall–Kier alpha value is -0.220. The van der Waals surface area contributed by atoms with E-state index in [-0.39, 0.29) is 0 Å². The van der Waals surface area contributed by atoms with Gasteiger partial charge in [0.25, 0.3) is 0 Å². The largest absolute Gasteiger partial charge is 0.329 e. The Labute approximate surface area is 120 Å². The maximum Gasteiger partial charge on any atom is 0.0406 e. The van der Waals surface area contributed by atoms with Crippen LogP contribution >= 0.6 is 23.4 Å². The lowest BCUT2D eigenvalue weighted by Gasteiger charge is -2.27. The van der Waals surface area contributed by atoms with Gasteiger partial charge in [-0.05, 0) is 42.7 Å². The van der Waals surface area contributed by atoms with Gasteiger partial charge in [0, 0.05) is 24.2 Å². The Morgan fingerprint density at radius 2 is 2.00 bits per heavy atom. The molecule has 1 unspecified atom stereocenters. The van der Waals surface area contributed by atoms with Crippen LogP contribution in [0.25, 0.3) is 0 Å². The van der Waals surface area contributed by atoms with Crippen molar-refractivity contribution >= 4 is 23.4 Å². The van der Waals surface area contributed by atoms with Gasteiger partial charge in [0.2, 0.25) is 0 Å². The fourth-order valence-electron chi connectivity index (χ4n) is 1.89. The van der Waals surface area contributed by atoms with Crippen LogP contribution in [0, 0.1) is 0 Å². The van der Waals surface area contributed by atoms with E-state index in [1.807, 2.05) is 23.9 Å². The van der Waals surface area contributed by atoms with Crippen molar-refractivity contribution in [1.82, 2.24) is 4.90 Å². The van der Waals surface area contributed by atoms with E-state index in [0.29, 0.717) is 12.6 Å². The van der Waals surface area contributed by atoms with Gasteiger partial charge in [-0.25, -0.2) is 0 Å². The highest BCUT2D eigenvalue weighted by atomic mass is 35.5. The summed E-state index contributed by atoms with van der Waals surface area (Å²) >= 11 is 7.86. The lowest BCUT2D eigenvalue weighted by molar-refractivity contribution is 0.234. The van der Waals surface area contributed by atoms with Crippen molar-refractivity contribution < 1.29 is 0 Å². The number of thioether (sulfide) groups is 1. The second-order valence-electron chi connectivity index (χ2n) is 4.42. The molecular formula is C14H23ClN2S. The van der Waals surface area contributed by atoms with E-state index in [1.165, 1.54) is 17.1 Å². The molecule has 18 heavy (non-hydrogen) atoms. The summed E-state index contributed by atoms with van der Waals surface area (Å²) < 4.78 is 0. The van der Waals surface area contributed by atoms with Crippen LogP contribution in [0.1, 0.15) is 18.9 Å². The van der Waals surface area contributed by atoms with Crippen LogP contribution < -0.4 is 5.73 Å². The third-order valence-corrected chi connectivity index (χ3v) is 4.22. The summed E-state index contributed by atoms with van der Waals surface area (Å²) in [4.78, 5) is 2.33. The zero-order valence-electron chi connectivity index (χ0n) is 11.2. The van der Waals surface area contributed by atoms with E-state index in [2.05, 4.69) is 31.0 Å². The summed E-state index contributed by atoms with van der Waals surface area (Å²) in [5.74, 6) is 2.36. The van der Waals surface area contributed by atoms with E-state index in [4.69, 9.17) is 17.3 Å². The maximum atomic E-state index is 5.89. The van der Waals surface area contributed by atoms with Gasteiger partial charge in [-0.2, -0.15) is 11.8 Å². The molecule has 0 fully saturated rings. The molecule has 0 aliphatic carbocycles. The fraction of sp³-hybridized carbons (Fsp3) is 0.571. The molecule has 2 N–H and O–H groups in total. The van der Waals surface area contributed by atoms with Crippen molar-refractivity contribution in [1.29, 1.82) is 0 Å². The number of halogens is 1. The third kappa shape index (κ3) is 5.61. The summed E-state index contributed by atoms with van der Waals surface area (Å²) in [6, 6.07) is 8.49. The molecule has 0 radical (unpaired) electrons. The molecule has 2 nitrogen and oxygen atoms in total.